The van der Waals surface area contributed by atoms with Gasteiger partial charge in [0.25, 0.3) is 0 Å². The van der Waals surface area contributed by atoms with Crippen molar-refractivity contribution in [1.82, 2.24) is 15.2 Å². The second kappa shape index (κ2) is 5.37. The summed E-state index contributed by atoms with van der Waals surface area (Å²) in [5.74, 6) is 0.642. The van der Waals surface area contributed by atoms with Crippen molar-refractivity contribution in [2.45, 2.75) is 17.0 Å². The highest BCUT2D eigenvalue weighted by atomic mass is 32.2. The standard InChI is InChI=1S/C8H8N4OS3/c1-5(13)10-7-11-6(2-14-7)3-15-8-12-9-4-16-8/h2,4H,3H2,1H3,(H,10,11,13). The largest absolute Gasteiger partial charge is 0.302 e. The molecule has 2 aromatic heterocycles. The Morgan fingerprint density at radius 2 is 2.44 bits per heavy atom. The molecule has 1 amide bonds. The smallest absolute Gasteiger partial charge is 0.223 e. The van der Waals surface area contributed by atoms with Crippen LogP contribution in [-0.4, -0.2) is 21.1 Å². The average molecular weight is 272 g/mol. The van der Waals surface area contributed by atoms with Gasteiger partial charge in [-0.15, -0.1) is 21.5 Å². The van der Waals surface area contributed by atoms with Crippen LogP contribution in [0.5, 0.6) is 0 Å². The Labute approximate surface area is 104 Å². The third-order valence-corrected chi connectivity index (χ3v) is 4.22. The Bertz CT molecular complexity index is 467. The lowest BCUT2D eigenvalue weighted by molar-refractivity contribution is -0.114. The van der Waals surface area contributed by atoms with E-state index in [0.29, 0.717) is 5.13 Å². The van der Waals surface area contributed by atoms with Crippen molar-refractivity contribution >= 4 is 45.5 Å². The lowest BCUT2D eigenvalue weighted by Crippen LogP contribution is -2.05. The number of nitrogens with zero attached hydrogens (tertiary/aromatic N) is 3. The number of hydrogen-bond acceptors (Lipinski definition) is 7. The van der Waals surface area contributed by atoms with Crippen molar-refractivity contribution in [3.8, 4) is 0 Å². The fourth-order valence-corrected chi connectivity index (χ4v) is 3.19. The third-order valence-electron chi connectivity index (χ3n) is 1.52. The van der Waals surface area contributed by atoms with E-state index in [1.54, 1.807) is 17.3 Å². The van der Waals surface area contributed by atoms with E-state index in [1.165, 1.54) is 29.6 Å². The molecule has 0 aliphatic carbocycles. The molecule has 0 aromatic carbocycles. The van der Waals surface area contributed by atoms with Crippen LogP contribution < -0.4 is 5.32 Å². The highest BCUT2D eigenvalue weighted by molar-refractivity contribution is 8.00. The Kier molecular flexibility index (Phi) is 3.86. The van der Waals surface area contributed by atoms with Gasteiger partial charge in [-0.1, -0.05) is 23.1 Å². The zero-order valence-corrected chi connectivity index (χ0v) is 10.8. The summed E-state index contributed by atoms with van der Waals surface area (Å²) in [6.07, 6.45) is 0. The number of anilines is 1. The fraction of sp³-hybridized carbons (Fsp3) is 0.250. The highest BCUT2D eigenvalue weighted by Crippen LogP contribution is 2.25. The minimum Gasteiger partial charge on any atom is -0.302 e. The van der Waals surface area contributed by atoms with Gasteiger partial charge in [-0.05, 0) is 0 Å². The molecule has 2 heterocycles. The van der Waals surface area contributed by atoms with Gasteiger partial charge in [-0.2, -0.15) is 0 Å². The maximum Gasteiger partial charge on any atom is 0.223 e. The monoisotopic (exact) mass is 272 g/mol. The van der Waals surface area contributed by atoms with Crippen LogP contribution in [0.4, 0.5) is 5.13 Å². The van der Waals surface area contributed by atoms with Crippen LogP contribution in [0.2, 0.25) is 0 Å². The van der Waals surface area contributed by atoms with Crippen LogP contribution in [0.1, 0.15) is 12.6 Å². The number of carbonyl (C=O) groups is 1. The number of amides is 1. The van der Waals surface area contributed by atoms with Gasteiger partial charge in [0.15, 0.2) is 9.47 Å². The zero-order chi connectivity index (χ0) is 11.4. The number of aromatic nitrogens is 3. The van der Waals surface area contributed by atoms with E-state index in [1.807, 2.05) is 5.38 Å². The summed E-state index contributed by atoms with van der Waals surface area (Å²) >= 11 is 4.52. The van der Waals surface area contributed by atoms with Crippen molar-refractivity contribution in [2.24, 2.45) is 0 Å². The minimum atomic E-state index is -0.0994. The molecule has 0 aliphatic rings. The second-order valence-corrected chi connectivity index (χ2v) is 5.73. The van der Waals surface area contributed by atoms with Gasteiger partial charge < -0.3 is 5.32 Å². The maximum absolute atomic E-state index is 10.8. The number of thioether (sulfide) groups is 1. The molecule has 0 fully saturated rings. The van der Waals surface area contributed by atoms with Crippen LogP contribution in [0, 0.1) is 0 Å². The van der Waals surface area contributed by atoms with E-state index in [9.17, 15) is 4.79 Å². The van der Waals surface area contributed by atoms with Gasteiger partial charge in [-0.25, -0.2) is 4.98 Å². The van der Waals surface area contributed by atoms with E-state index < -0.39 is 0 Å². The van der Waals surface area contributed by atoms with E-state index >= 15 is 0 Å². The summed E-state index contributed by atoms with van der Waals surface area (Å²) in [7, 11) is 0. The number of hydrogen-bond donors (Lipinski definition) is 1. The molecule has 8 heteroatoms. The van der Waals surface area contributed by atoms with Crippen LogP contribution in [0.25, 0.3) is 0 Å². The van der Waals surface area contributed by atoms with Crippen LogP contribution in [-0.2, 0) is 10.5 Å². The van der Waals surface area contributed by atoms with Gasteiger partial charge in [0.05, 0.1) is 5.69 Å². The van der Waals surface area contributed by atoms with Gasteiger partial charge in [-0.3, -0.25) is 4.79 Å². The molecule has 2 aromatic rings. The van der Waals surface area contributed by atoms with Gasteiger partial charge >= 0.3 is 0 Å². The van der Waals surface area contributed by atoms with Crippen LogP contribution >= 0.6 is 34.4 Å². The molecule has 0 bridgehead atoms. The second-order valence-electron chi connectivity index (χ2n) is 2.82. The number of carbonyl (C=O) groups excluding carboxylic acids is 1. The summed E-state index contributed by atoms with van der Waals surface area (Å²) < 4.78 is 0.925. The van der Waals surface area contributed by atoms with Gasteiger partial charge in [0, 0.05) is 18.1 Å². The number of rotatable bonds is 4. The lowest BCUT2D eigenvalue weighted by Gasteiger charge is -1.94. The molecule has 84 valence electrons. The first-order valence-electron chi connectivity index (χ1n) is 4.35. The average Bonchev–Trinajstić information content (AvgIpc) is 2.84. The summed E-state index contributed by atoms with van der Waals surface area (Å²) in [4.78, 5) is 15.1. The van der Waals surface area contributed by atoms with Crippen molar-refractivity contribution < 1.29 is 4.79 Å². The predicted octanol–water partition coefficient (Wildman–Crippen LogP) is 2.25. The highest BCUT2D eigenvalue weighted by Gasteiger charge is 2.05. The molecule has 5 nitrogen and oxygen atoms in total. The molecule has 0 atom stereocenters. The van der Waals surface area contributed by atoms with Crippen LogP contribution in [0.15, 0.2) is 15.2 Å². The molecule has 0 saturated carbocycles. The topological polar surface area (TPSA) is 67.8 Å². The van der Waals surface area contributed by atoms with Crippen molar-refractivity contribution in [3.63, 3.8) is 0 Å². The molecule has 0 radical (unpaired) electrons. The van der Waals surface area contributed by atoms with E-state index in [2.05, 4.69) is 20.5 Å². The van der Waals surface area contributed by atoms with E-state index in [0.717, 1.165) is 15.8 Å². The zero-order valence-electron chi connectivity index (χ0n) is 8.34. The van der Waals surface area contributed by atoms with Gasteiger partial charge in [0.1, 0.15) is 5.51 Å². The predicted molar refractivity (Wildman–Crippen MR) is 65.9 cm³/mol. The summed E-state index contributed by atoms with van der Waals surface area (Å²) in [5, 5.41) is 12.9. The summed E-state index contributed by atoms with van der Waals surface area (Å²) in [5.41, 5.74) is 2.64. The molecule has 16 heavy (non-hydrogen) atoms. The SMILES string of the molecule is CC(=O)Nc1nc(CSc2nncs2)cs1. The Balaban J connectivity index is 1.90. The Morgan fingerprint density at radius 1 is 1.56 bits per heavy atom. The molecular weight excluding hydrogens is 264 g/mol. The normalized spacial score (nSPS) is 10.3. The Morgan fingerprint density at radius 3 is 3.12 bits per heavy atom. The van der Waals surface area contributed by atoms with Crippen molar-refractivity contribution in [3.05, 3.63) is 16.6 Å². The van der Waals surface area contributed by atoms with Crippen molar-refractivity contribution in [2.75, 3.05) is 5.32 Å². The van der Waals surface area contributed by atoms with Crippen LogP contribution in [0.3, 0.4) is 0 Å². The first-order valence-corrected chi connectivity index (χ1v) is 7.09. The molecule has 0 aliphatic heterocycles. The third kappa shape index (κ3) is 3.26. The minimum absolute atomic E-state index is 0.0994. The fourth-order valence-electron chi connectivity index (χ4n) is 0.943. The maximum atomic E-state index is 10.8. The molecular formula is C8H8N4OS3. The first-order chi connectivity index (χ1) is 7.74. The lowest BCUT2D eigenvalue weighted by atomic mass is 10.6. The van der Waals surface area contributed by atoms with E-state index in [4.69, 9.17) is 0 Å². The molecule has 0 spiro atoms. The van der Waals surface area contributed by atoms with Crippen molar-refractivity contribution in [1.29, 1.82) is 0 Å². The number of thiazole rings is 1. The van der Waals surface area contributed by atoms with Gasteiger partial charge in [0.2, 0.25) is 5.91 Å². The number of nitrogens with one attached hydrogen (secondary N) is 1. The summed E-state index contributed by atoms with van der Waals surface area (Å²) in [6.45, 7) is 1.47. The quantitative estimate of drug-likeness (QED) is 0.865. The molecule has 2 rings (SSSR count). The molecule has 0 unspecified atom stereocenters. The molecule has 1 N–H and O–H groups in total. The molecule has 0 saturated heterocycles. The first kappa shape index (κ1) is 11.5. The summed E-state index contributed by atoms with van der Waals surface area (Å²) in [6, 6.07) is 0. The Hall–Kier alpha value is -0.990. The van der Waals surface area contributed by atoms with E-state index in [-0.39, 0.29) is 5.91 Å².